The van der Waals surface area contributed by atoms with Crippen molar-refractivity contribution in [1.29, 1.82) is 0 Å². The molecule has 6 heteroatoms. The van der Waals surface area contributed by atoms with Crippen molar-refractivity contribution < 1.29 is 19.0 Å². The second kappa shape index (κ2) is 10.7. The van der Waals surface area contributed by atoms with Crippen molar-refractivity contribution in [2.24, 2.45) is 0 Å². The van der Waals surface area contributed by atoms with E-state index < -0.39 is 0 Å². The Kier molecular flexibility index (Phi) is 7.00. The van der Waals surface area contributed by atoms with Gasteiger partial charge in [0, 0.05) is 31.2 Å². The highest BCUT2D eigenvalue weighted by atomic mass is 16.7. The number of benzene rings is 3. The lowest BCUT2D eigenvalue weighted by Gasteiger charge is -2.40. The van der Waals surface area contributed by atoms with Crippen LogP contribution in [0.2, 0.25) is 0 Å². The molecule has 1 amide bonds. The summed E-state index contributed by atoms with van der Waals surface area (Å²) >= 11 is 0. The zero-order chi connectivity index (χ0) is 24.0. The Balaban J connectivity index is 1.36. The Bertz CT molecular complexity index is 1180. The summed E-state index contributed by atoms with van der Waals surface area (Å²) in [7, 11) is 1.63. The van der Waals surface area contributed by atoms with Crippen LogP contribution in [-0.4, -0.2) is 49.9 Å². The van der Waals surface area contributed by atoms with E-state index in [1.807, 2.05) is 59.5 Å². The van der Waals surface area contributed by atoms with Crippen LogP contribution in [-0.2, 0) is 17.6 Å². The molecule has 180 valence electrons. The van der Waals surface area contributed by atoms with E-state index in [0.717, 1.165) is 17.5 Å². The maximum Gasteiger partial charge on any atom is 0.246 e. The molecule has 0 saturated carbocycles. The van der Waals surface area contributed by atoms with Gasteiger partial charge >= 0.3 is 0 Å². The average Bonchev–Trinajstić information content (AvgIpc) is 3.38. The van der Waals surface area contributed by atoms with Crippen LogP contribution >= 0.6 is 0 Å². The topological polar surface area (TPSA) is 60.0 Å². The maximum absolute atomic E-state index is 13.4. The molecular formula is C29H30N2O4. The SMILES string of the molecule is COc1cc(C[C@H]2CN[C@@H](Cc3ccccc3)CN2C(=O)/C=C/c2ccccc2)cc2c1OCO2. The highest BCUT2D eigenvalue weighted by Gasteiger charge is 2.31. The van der Waals surface area contributed by atoms with E-state index in [1.165, 1.54) is 5.56 Å². The number of amides is 1. The lowest BCUT2D eigenvalue weighted by molar-refractivity contribution is -0.129. The number of ether oxygens (including phenoxy) is 3. The maximum atomic E-state index is 13.4. The van der Waals surface area contributed by atoms with Gasteiger partial charge in [-0.25, -0.2) is 0 Å². The van der Waals surface area contributed by atoms with Crippen LogP contribution in [0.25, 0.3) is 6.08 Å². The summed E-state index contributed by atoms with van der Waals surface area (Å²) in [4.78, 5) is 15.4. The first-order chi connectivity index (χ1) is 17.2. The van der Waals surface area contributed by atoms with Crippen LogP contribution in [0.3, 0.4) is 0 Å². The van der Waals surface area contributed by atoms with Crippen LogP contribution in [0.15, 0.2) is 78.9 Å². The molecule has 0 radical (unpaired) electrons. The van der Waals surface area contributed by atoms with Crippen molar-refractivity contribution in [3.63, 3.8) is 0 Å². The van der Waals surface area contributed by atoms with Crippen LogP contribution < -0.4 is 19.5 Å². The Morgan fingerprint density at radius 3 is 2.57 bits per heavy atom. The van der Waals surface area contributed by atoms with Crippen LogP contribution in [0.4, 0.5) is 0 Å². The van der Waals surface area contributed by atoms with Crippen molar-refractivity contribution in [1.82, 2.24) is 10.2 Å². The summed E-state index contributed by atoms with van der Waals surface area (Å²) in [5.74, 6) is 2.00. The average molecular weight is 471 g/mol. The van der Waals surface area contributed by atoms with Gasteiger partial charge in [-0.1, -0.05) is 60.7 Å². The largest absolute Gasteiger partial charge is 0.493 e. The quantitative estimate of drug-likeness (QED) is 0.527. The van der Waals surface area contributed by atoms with Crippen LogP contribution in [0, 0.1) is 0 Å². The molecule has 0 unspecified atom stereocenters. The number of rotatable bonds is 7. The fourth-order valence-electron chi connectivity index (χ4n) is 4.75. The molecule has 0 bridgehead atoms. The summed E-state index contributed by atoms with van der Waals surface area (Å²) in [6.07, 6.45) is 5.13. The Morgan fingerprint density at radius 2 is 1.80 bits per heavy atom. The van der Waals surface area contributed by atoms with Crippen molar-refractivity contribution in [3.05, 3.63) is 95.6 Å². The van der Waals surface area contributed by atoms with Gasteiger partial charge in [-0.2, -0.15) is 0 Å². The number of methoxy groups -OCH3 is 1. The van der Waals surface area contributed by atoms with Crippen molar-refractivity contribution in [2.45, 2.75) is 24.9 Å². The van der Waals surface area contributed by atoms with Gasteiger partial charge in [0.05, 0.1) is 7.11 Å². The highest BCUT2D eigenvalue weighted by Crippen LogP contribution is 2.42. The summed E-state index contributed by atoms with van der Waals surface area (Å²) in [6, 6.07) is 24.5. The predicted molar refractivity (Wildman–Crippen MR) is 136 cm³/mol. The van der Waals surface area contributed by atoms with Gasteiger partial charge in [-0.15, -0.1) is 0 Å². The van der Waals surface area contributed by atoms with E-state index in [1.54, 1.807) is 13.2 Å². The molecule has 3 aromatic carbocycles. The lowest BCUT2D eigenvalue weighted by Crippen LogP contribution is -2.59. The number of nitrogens with one attached hydrogen (secondary N) is 1. The van der Waals surface area contributed by atoms with E-state index in [2.05, 4.69) is 29.6 Å². The van der Waals surface area contributed by atoms with E-state index in [4.69, 9.17) is 14.2 Å². The molecule has 0 aliphatic carbocycles. The van der Waals surface area contributed by atoms with Gasteiger partial charge in [-0.3, -0.25) is 4.79 Å². The summed E-state index contributed by atoms with van der Waals surface area (Å²) in [5.41, 5.74) is 3.31. The van der Waals surface area contributed by atoms with Gasteiger partial charge in [-0.05, 0) is 47.7 Å². The van der Waals surface area contributed by atoms with Gasteiger partial charge < -0.3 is 24.4 Å². The molecule has 1 fully saturated rings. The Labute approximate surface area is 206 Å². The van der Waals surface area contributed by atoms with Gasteiger partial charge in [0.2, 0.25) is 18.4 Å². The summed E-state index contributed by atoms with van der Waals surface area (Å²) in [5, 5.41) is 3.67. The molecule has 2 aliphatic rings. The third-order valence-corrected chi connectivity index (χ3v) is 6.52. The molecule has 1 saturated heterocycles. The standard InChI is InChI=1S/C29H30N2O4/c1-33-26-16-23(17-27-29(26)35-20-34-27)15-25-18-30-24(14-22-10-6-3-7-11-22)19-31(25)28(32)13-12-21-8-4-2-5-9-21/h2-13,16-17,24-25,30H,14-15,18-20H2,1H3/b13-12+/t24-,25-/m0/s1. The Morgan fingerprint density at radius 1 is 1.03 bits per heavy atom. The second-order valence-corrected chi connectivity index (χ2v) is 8.92. The van der Waals surface area contributed by atoms with E-state index in [-0.39, 0.29) is 24.8 Å². The third kappa shape index (κ3) is 5.49. The van der Waals surface area contributed by atoms with Gasteiger partial charge in [0.15, 0.2) is 11.5 Å². The first-order valence-corrected chi connectivity index (χ1v) is 12.0. The number of carbonyl (C=O) groups is 1. The molecule has 0 spiro atoms. The number of carbonyl (C=O) groups excluding carboxylic acids is 1. The first kappa shape index (κ1) is 23.0. The number of piperazine rings is 1. The zero-order valence-electron chi connectivity index (χ0n) is 19.9. The molecule has 2 atom stereocenters. The molecule has 3 aromatic rings. The number of nitrogens with zero attached hydrogens (tertiary/aromatic N) is 1. The first-order valence-electron chi connectivity index (χ1n) is 12.0. The number of fused-ring (bicyclic) bond motifs is 1. The fourth-order valence-corrected chi connectivity index (χ4v) is 4.75. The van der Waals surface area contributed by atoms with E-state index >= 15 is 0 Å². The second-order valence-electron chi connectivity index (χ2n) is 8.92. The number of hydrogen-bond acceptors (Lipinski definition) is 5. The third-order valence-electron chi connectivity index (χ3n) is 6.52. The molecule has 1 N–H and O–H groups in total. The molecule has 6 nitrogen and oxygen atoms in total. The molecule has 2 aliphatic heterocycles. The lowest BCUT2D eigenvalue weighted by atomic mass is 9.97. The Hall–Kier alpha value is -3.77. The minimum absolute atomic E-state index is 0.0000225. The normalized spacial score (nSPS) is 19.2. The zero-order valence-corrected chi connectivity index (χ0v) is 19.9. The van der Waals surface area contributed by atoms with E-state index in [9.17, 15) is 4.79 Å². The number of hydrogen-bond donors (Lipinski definition) is 1. The van der Waals surface area contributed by atoms with E-state index in [0.29, 0.717) is 36.8 Å². The van der Waals surface area contributed by atoms with Crippen LogP contribution in [0.1, 0.15) is 16.7 Å². The summed E-state index contributed by atoms with van der Waals surface area (Å²) < 4.78 is 16.7. The fraction of sp³-hybridized carbons (Fsp3) is 0.276. The molecule has 35 heavy (non-hydrogen) atoms. The van der Waals surface area contributed by atoms with Crippen molar-refractivity contribution >= 4 is 12.0 Å². The van der Waals surface area contributed by atoms with Gasteiger partial charge in [0.1, 0.15) is 0 Å². The van der Waals surface area contributed by atoms with Crippen molar-refractivity contribution in [3.8, 4) is 17.2 Å². The minimum atomic E-state index is 0.0000225. The monoisotopic (exact) mass is 470 g/mol. The smallest absolute Gasteiger partial charge is 0.246 e. The molecule has 5 rings (SSSR count). The molecule has 2 heterocycles. The predicted octanol–water partition coefficient (Wildman–Crippen LogP) is 4.09. The van der Waals surface area contributed by atoms with Crippen molar-refractivity contribution in [2.75, 3.05) is 27.0 Å². The minimum Gasteiger partial charge on any atom is -0.493 e. The molecule has 0 aromatic heterocycles. The van der Waals surface area contributed by atoms with Crippen LogP contribution in [0.5, 0.6) is 17.2 Å². The van der Waals surface area contributed by atoms with Gasteiger partial charge in [0.25, 0.3) is 0 Å². The summed E-state index contributed by atoms with van der Waals surface area (Å²) in [6.45, 7) is 1.54. The highest BCUT2D eigenvalue weighted by molar-refractivity contribution is 5.92. The molecular weight excluding hydrogens is 440 g/mol.